The molecular weight excluding hydrogens is 335 g/mol. The molecule has 0 unspecified atom stereocenters. The summed E-state index contributed by atoms with van der Waals surface area (Å²) in [7, 11) is 0. The summed E-state index contributed by atoms with van der Waals surface area (Å²) < 4.78 is 40.3. The molecule has 1 amide bonds. The van der Waals surface area contributed by atoms with Crippen LogP contribution in [0.5, 0.6) is 0 Å². The first-order valence-corrected chi connectivity index (χ1v) is 6.40. The van der Waals surface area contributed by atoms with Gasteiger partial charge in [0.05, 0.1) is 5.69 Å². The smallest absolute Gasteiger partial charge is 0.261 e. The zero-order valence-electron chi connectivity index (χ0n) is 10.3. The second kappa shape index (κ2) is 5.66. The van der Waals surface area contributed by atoms with E-state index in [-0.39, 0.29) is 0 Å². The number of anilines is 1. The first-order valence-electron chi connectivity index (χ1n) is 5.60. The molecule has 2 rings (SSSR count). The van der Waals surface area contributed by atoms with E-state index in [1.54, 1.807) is 18.2 Å². The molecule has 2 aromatic carbocycles. The maximum Gasteiger partial charge on any atom is 0.261 e. The summed E-state index contributed by atoms with van der Waals surface area (Å²) in [5, 5.41) is 2.37. The fraction of sp³-hybridized carbons (Fsp3) is 0.0714. The molecule has 104 valence electrons. The van der Waals surface area contributed by atoms with Gasteiger partial charge in [0.25, 0.3) is 5.91 Å². The van der Waals surface area contributed by atoms with E-state index in [1.165, 1.54) is 0 Å². The number of amides is 1. The molecule has 6 heteroatoms. The average Bonchev–Trinajstić information content (AvgIpc) is 2.31. The van der Waals surface area contributed by atoms with E-state index < -0.39 is 28.9 Å². The topological polar surface area (TPSA) is 29.1 Å². The molecule has 0 atom stereocenters. The Hall–Kier alpha value is -1.82. The number of rotatable bonds is 2. The lowest BCUT2D eigenvalue weighted by Crippen LogP contribution is -2.16. The SMILES string of the molecule is Cc1ccc(NC(=O)c2c(F)cc(F)cc2F)c(Br)c1. The molecule has 0 radical (unpaired) electrons. The molecule has 0 fully saturated rings. The number of nitrogens with one attached hydrogen (secondary N) is 1. The summed E-state index contributed by atoms with van der Waals surface area (Å²) in [5.74, 6) is -4.55. The first-order chi connectivity index (χ1) is 9.38. The van der Waals surface area contributed by atoms with E-state index in [1.807, 2.05) is 6.92 Å². The van der Waals surface area contributed by atoms with Crippen molar-refractivity contribution in [2.45, 2.75) is 6.92 Å². The van der Waals surface area contributed by atoms with Crippen LogP contribution < -0.4 is 5.32 Å². The zero-order chi connectivity index (χ0) is 14.9. The van der Waals surface area contributed by atoms with Crippen LogP contribution in [0.2, 0.25) is 0 Å². The molecule has 0 aliphatic rings. The number of carbonyl (C=O) groups is 1. The van der Waals surface area contributed by atoms with E-state index in [0.29, 0.717) is 22.3 Å². The van der Waals surface area contributed by atoms with Crippen LogP contribution >= 0.6 is 15.9 Å². The van der Waals surface area contributed by atoms with Crippen molar-refractivity contribution in [2.75, 3.05) is 5.32 Å². The van der Waals surface area contributed by atoms with Gasteiger partial charge in [-0.3, -0.25) is 4.79 Å². The Morgan fingerprint density at radius 2 is 1.70 bits per heavy atom. The maximum atomic E-state index is 13.5. The quantitative estimate of drug-likeness (QED) is 0.858. The number of hydrogen-bond donors (Lipinski definition) is 1. The van der Waals surface area contributed by atoms with Gasteiger partial charge in [0.1, 0.15) is 23.0 Å². The molecule has 0 bridgehead atoms. The zero-order valence-corrected chi connectivity index (χ0v) is 11.9. The highest BCUT2D eigenvalue weighted by Crippen LogP contribution is 2.25. The molecule has 2 aromatic rings. The molecule has 0 spiro atoms. The summed E-state index contributed by atoms with van der Waals surface area (Å²) in [4.78, 5) is 11.9. The predicted octanol–water partition coefficient (Wildman–Crippen LogP) is 4.43. The van der Waals surface area contributed by atoms with Crippen molar-refractivity contribution in [3.05, 3.63) is 63.4 Å². The normalized spacial score (nSPS) is 10.4. The first kappa shape index (κ1) is 14.6. The van der Waals surface area contributed by atoms with E-state index in [2.05, 4.69) is 21.2 Å². The van der Waals surface area contributed by atoms with Crippen molar-refractivity contribution in [1.29, 1.82) is 0 Å². The highest BCUT2D eigenvalue weighted by molar-refractivity contribution is 9.10. The number of hydrogen-bond acceptors (Lipinski definition) is 1. The molecule has 0 aromatic heterocycles. The lowest BCUT2D eigenvalue weighted by atomic mass is 10.1. The largest absolute Gasteiger partial charge is 0.321 e. The minimum Gasteiger partial charge on any atom is -0.321 e. The van der Waals surface area contributed by atoms with E-state index in [0.717, 1.165) is 5.56 Å². The number of aryl methyl sites for hydroxylation is 1. The third-order valence-electron chi connectivity index (χ3n) is 2.61. The Morgan fingerprint density at radius 3 is 2.25 bits per heavy atom. The Bertz CT molecular complexity index is 665. The van der Waals surface area contributed by atoms with Crippen LogP contribution in [-0.2, 0) is 0 Å². The number of halogens is 4. The molecular formula is C14H9BrF3NO. The van der Waals surface area contributed by atoms with E-state index in [9.17, 15) is 18.0 Å². The predicted molar refractivity (Wildman–Crippen MR) is 73.1 cm³/mol. The van der Waals surface area contributed by atoms with Gasteiger partial charge in [-0.2, -0.15) is 0 Å². The third-order valence-corrected chi connectivity index (χ3v) is 3.26. The van der Waals surface area contributed by atoms with Crippen LogP contribution in [0, 0.1) is 24.4 Å². The highest BCUT2D eigenvalue weighted by Gasteiger charge is 2.19. The molecule has 0 aliphatic heterocycles. The van der Waals surface area contributed by atoms with Crippen molar-refractivity contribution >= 4 is 27.5 Å². The average molecular weight is 344 g/mol. The second-order valence-electron chi connectivity index (χ2n) is 4.18. The second-order valence-corrected chi connectivity index (χ2v) is 5.04. The van der Waals surface area contributed by atoms with Gasteiger partial charge in [-0.1, -0.05) is 6.07 Å². The van der Waals surface area contributed by atoms with Crippen molar-refractivity contribution < 1.29 is 18.0 Å². The van der Waals surface area contributed by atoms with Crippen molar-refractivity contribution in [2.24, 2.45) is 0 Å². The van der Waals surface area contributed by atoms with Crippen LogP contribution in [0.25, 0.3) is 0 Å². The van der Waals surface area contributed by atoms with Gasteiger partial charge in [-0.05, 0) is 40.5 Å². The molecule has 0 saturated heterocycles. The standard InChI is InChI=1S/C14H9BrF3NO/c1-7-2-3-12(9(15)4-7)19-14(20)13-10(17)5-8(16)6-11(13)18/h2-6H,1H3,(H,19,20). The van der Waals surface area contributed by atoms with Crippen LogP contribution in [0.3, 0.4) is 0 Å². The van der Waals surface area contributed by atoms with Crippen molar-refractivity contribution in [1.82, 2.24) is 0 Å². The van der Waals surface area contributed by atoms with Crippen LogP contribution in [0.15, 0.2) is 34.8 Å². The summed E-state index contributed by atoms with van der Waals surface area (Å²) >= 11 is 3.23. The number of carbonyl (C=O) groups excluding carboxylic acids is 1. The van der Waals surface area contributed by atoms with Gasteiger partial charge < -0.3 is 5.32 Å². The fourth-order valence-corrected chi connectivity index (χ4v) is 2.26. The minimum absolute atomic E-state index is 0.365. The van der Waals surface area contributed by atoms with Crippen LogP contribution in [0.4, 0.5) is 18.9 Å². The lowest BCUT2D eigenvalue weighted by molar-refractivity contribution is 0.101. The Balaban J connectivity index is 2.33. The fourth-order valence-electron chi connectivity index (χ4n) is 1.67. The lowest BCUT2D eigenvalue weighted by Gasteiger charge is -2.09. The molecule has 0 saturated carbocycles. The molecule has 0 heterocycles. The van der Waals surface area contributed by atoms with Gasteiger partial charge >= 0.3 is 0 Å². The van der Waals surface area contributed by atoms with Crippen molar-refractivity contribution in [3.63, 3.8) is 0 Å². The highest BCUT2D eigenvalue weighted by atomic mass is 79.9. The monoisotopic (exact) mass is 343 g/mol. The van der Waals surface area contributed by atoms with Gasteiger partial charge in [0.15, 0.2) is 0 Å². The summed E-state index contributed by atoms with van der Waals surface area (Å²) in [6.45, 7) is 1.86. The molecule has 2 nitrogen and oxygen atoms in total. The van der Waals surface area contributed by atoms with Gasteiger partial charge in [0.2, 0.25) is 0 Å². The Labute approximate surface area is 121 Å². The van der Waals surface area contributed by atoms with Crippen molar-refractivity contribution in [3.8, 4) is 0 Å². The minimum atomic E-state index is -1.25. The van der Waals surface area contributed by atoms with E-state index >= 15 is 0 Å². The Morgan fingerprint density at radius 1 is 1.10 bits per heavy atom. The van der Waals surface area contributed by atoms with E-state index in [4.69, 9.17) is 0 Å². The molecule has 0 aliphatic carbocycles. The van der Waals surface area contributed by atoms with Crippen LogP contribution in [-0.4, -0.2) is 5.91 Å². The van der Waals surface area contributed by atoms with Gasteiger partial charge in [-0.15, -0.1) is 0 Å². The van der Waals surface area contributed by atoms with Gasteiger partial charge in [0, 0.05) is 16.6 Å². The summed E-state index contributed by atoms with van der Waals surface area (Å²) in [5.41, 5.74) is 0.497. The number of benzene rings is 2. The summed E-state index contributed by atoms with van der Waals surface area (Å²) in [6, 6.07) is 5.99. The third kappa shape index (κ3) is 3.01. The summed E-state index contributed by atoms with van der Waals surface area (Å²) in [6.07, 6.45) is 0. The Kier molecular flexibility index (Phi) is 4.13. The van der Waals surface area contributed by atoms with Crippen LogP contribution in [0.1, 0.15) is 15.9 Å². The van der Waals surface area contributed by atoms with Gasteiger partial charge in [-0.25, -0.2) is 13.2 Å². The maximum absolute atomic E-state index is 13.5. The molecule has 1 N–H and O–H groups in total. The molecule has 20 heavy (non-hydrogen) atoms.